The fourth-order valence-corrected chi connectivity index (χ4v) is 7.77. The van der Waals surface area contributed by atoms with E-state index in [1.807, 2.05) is 11.4 Å². The lowest BCUT2D eigenvalue weighted by molar-refractivity contribution is -0.676. The van der Waals surface area contributed by atoms with Gasteiger partial charge < -0.3 is 34.4 Å². The highest BCUT2D eigenvalue weighted by atomic mass is 32.2. The van der Waals surface area contributed by atoms with Gasteiger partial charge in [-0.1, -0.05) is 30.3 Å². The normalized spacial score (nSPS) is 14.4. The zero-order chi connectivity index (χ0) is 42.6. The number of amides is 1. The number of carboxylic acid groups (broad SMARTS) is 1. The van der Waals surface area contributed by atoms with E-state index in [4.69, 9.17) is 9.90 Å². The topological polar surface area (TPSA) is 237 Å². The number of alkyl halides is 7. The van der Waals surface area contributed by atoms with Gasteiger partial charge in [-0.2, -0.15) is 48.4 Å². The number of aliphatic carboxylic acids is 1. The maximum atomic E-state index is 12.9. The van der Waals surface area contributed by atoms with Gasteiger partial charge in [-0.3, -0.25) is 4.79 Å². The minimum Gasteiger partial charge on any atom is -0.542 e. The average molecular weight is 869 g/mol. The number of carbonyl (C=O) groups excluding carboxylic acids is 2. The molecule has 7 rings (SSSR count). The lowest BCUT2D eigenvalue weighted by atomic mass is 9.98. The standard InChI is InChI=1S/C19H19F2N5O4S.C10H11F2N5O2S.C2HF3O2/c20-17(21)9-24-10-18(22-12-24)31(29,30)26-7-14-6-25(8-16(14)23-26)19(28)15(11-27)13-4-2-1-3-5-13;11-9(12)4-16-5-10(14-6-16)20(18,19)17-3-7-1-13-2-8(7)15-17;3-2(4,5)1(6)7/h1-5,7,10,12,15,17,27H,6,8-9,11H2;3,5-6,9,13H,1-2,4H2;(H,6,7)/t15-;;/m1../s1. The zero-order valence-corrected chi connectivity index (χ0v) is 31.0. The van der Waals surface area contributed by atoms with E-state index in [0.29, 0.717) is 29.9 Å². The molecule has 3 N–H and O–H groups in total. The maximum Gasteiger partial charge on any atom is 0.430 e. The summed E-state index contributed by atoms with van der Waals surface area (Å²) in [4.78, 5) is 30.5. The van der Waals surface area contributed by atoms with Gasteiger partial charge in [0.2, 0.25) is 5.91 Å². The minimum absolute atomic E-state index is 0.0971. The van der Waals surface area contributed by atoms with Crippen molar-refractivity contribution < 1.29 is 72.7 Å². The molecular weight excluding hydrogens is 838 g/mol. The number of carbonyl (C=O) groups is 2. The molecule has 2 aliphatic rings. The maximum absolute atomic E-state index is 12.9. The zero-order valence-electron chi connectivity index (χ0n) is 29.4. The van der Waals surface area contributed by atoms with Crippen molar-refractivity contribution in [1.29, 1.82) is 0 Å². The summed E-state index contributed by atoms with van der Waals surface area (Å²) in [6.07, 6.45) is -3.46. The van der Waals surface area contributed by atoms with E-state index in [1.165, 1.54) is 17.3 Å². The van der Waals surface area contributed by atoms with Gasteiger partial charge in [-0.25, -0.2) is 27.5 Å². The van der Waals surface area contributed by atoms with Gasteiger partial charge in [0.1, 0.15) is 24.8 Å². The Morgan fingerprint density at radius 2 is 1.28 bits per heavy atom. The second-order valence-corrected chi connectivity index (χ2v) is 15.9. The third-order valence-electron chi connectivity index (χ3n) is 8.28. The molecule has 27 heteroatoms. The molecule has 0 radical (unpaired) electrons. The van der Waals surface area contributed by atoms with Gasteiger partial charge in [0.15, 0.2) is 10.1 Å². The van der Waals surface area contributed by atoms with Crippen molar-refractivity contribution in [2.45, 2.75) is 74.3 Å². The van der Waals surface area contributed by atoms with Gasteiger partial charge >= 0.3 is 26.2 Å². The number of aromatic nitrogens is 8. The summed E-state index contributed by atoms with van der Waals surface area (Å²) < 4.78 is 135. The highest BCUT2D eigenvalue weighted by Crippen LogP contribution is 2.28. The summed E-state index contributed by atoms with van der Waals surface area (Å²) in [5.74, 6) is -4.01. The van der Waals surface area contributed by atoms with Crippen LogP contribution in [-0.4, -0.2) is 102 Å². The number of hydrogen-bond donors (Lipinski definition) is 2. The minimum atomic E-state index is -5.19. The highest BCUT2D eigenvalue weighted by Gasteiger charge is 2.34. The van der Waals surface area contributed by atoms with Crippen LogP contribution in [0.4, 0.5) is 30.7 Å². The van der Waals surface area contributed by atoms with E-state index in [1.54, 1.807) is 24.3 Å². The number of halogens is 7. The van der Waals surface area contributed by atoms with Crippen molar-refractivity contribution in [3.05, 3.63) is 95.9 Å². The quantitative estimate of drug-likeness (QED) is 0.162. The number of rotatable bonds is 11. The average Bonchev–Trinajstić information content (AvgIpc) is 3.98. The fourth-order valence-electron chi connectivity index (χ4n) is 5.54. The summed E-state index contributed by atoms with van der Waals surface area (Å²) in [6, 6.07) is 8.89. The SMILES string of the molecule is O=C([C@H](CO)c1ccccc1)N1Cc2cn(S(=O)(=O)c3cn(CC(F)F)cn3)nc2C1.O=C([O-])C(F)(F)F.O=S(=O)(c1cn(CC(F)F)cn1)n1cc2c(n1)C[NH2+]C2. The Labute approximate surface area is 323 Å². The van der Waals surface area contributed by atoms with E-state index in [0.717, 1.165) is 53.6 Å². The first-order chi connectivity index (χ1) is 27.2. The van der Waals surface area contributed by atoms with Gasteiger partial charge in [-0.15, -0.1) is 0 Å². The molecule has 58 heavy (non-hydrogen) atoms. The van der Waals surface area contributed by atoms with Crippen molar-refractivity contribution >= 4 is 31.9 Å². The van der Waals surface area contributed by atoms with Crippen LogP contribution in [0.3, 0.4) is 0 Å². The fraction of sp³-hybridized carbons (Fsp3) is 0.355. The monoisotopic (exact) mass is 868 g/mol. The molecule has 5 aromatic rings. The first-order valence-corrected chi connectivity index (χ1v) is 19.4. The van der Waals surface area contributed by atoms with E-state index >= 15 is 0 Å². The van der Waals surface area contributed by atoms with Crippen LogP contribution in [0.5, 0.6) is 0 Å². The molecule has 0 bridgehead atoms. The summed E-state index contributed by atoms with van der Waals surface area (Å²) in [6.45, 7) is -0.0442. The number of aliphatic hydroxyl groups excluding tert-OH is 1. The van der Waals surface area contributed by atoms with Gasteiger partial charge in [0, 0.05) is 30.7 Å². The molecule has 4 aromatic heterocycles. The molecule has 0 aliphatic carbocycles. The molecule has 1 amide bonds. The smallest absolute Gasteiger partial charge is 0.430 e. The number of nitrogens with zero attached hydrogens (tertiary/aromatic N) is 9. The molecule has 18 nitrogen and oxygen atoms in total. The predicted octanol–water partition coefficient (Wildman–Crippen LogP) is -0.343. The predicted molar refractivity (Wildman–Crippen MR) is 177 cm³/mol. The Hall–Kier alpha value is -5.67. The van der Waals surface area contributed by atoms with Crippen LogP contribution in [0.15, 0.2) is 77.8 Å². The molecule has 0 saturated carbocycles. The van der Waals surface area contributed by atoms with Gasteiger partial charge in [0.05, 0.1) is 62.3 Å². The summed E-state index contributed by atoms with van der Waals surface area (Å²) in [5, 5.41) is 27.9. The molecule has 0 fully saturated rings. The number of imidazole rings is 2. The Bertz CT molecular complexity index is 2410. The number of carboxylic acids is 1. The van der Waals surface area contributed by atoms with Gasteiger partial charge in [0.25, 0.3) is 12.9 Å². The lowest BCUT2D eigenvalue weighted by Crippen LogP contribution is -2.77. The molecule has 314 valence electrons. The summed E-state index contributed by atoms with van der Waals surface area (Å²) in [7, 11) is -8.07. The Morgan fingerprint density at radius 1 is 0.776 bits per heavy atom. The molecule has 1 aromatic carbocycles. The second kappa shape index (κ2) is 17.4. The van der Waals surface area contributed by atoms with Crippen LogP contribution < -0.4 is 10.4 Å². The van der Waals surface area contributed by atoms with E-state index in [9.17, 15) is 57.5 Å². The lowest BCUT2D eigenvalue weighted by Gasteiger charge is -2.22. The number of hydrogen-bond acceptors (Lipinski definition) is 12. The third-order valence-corrected chi connectivity index (χ3v) is 11.1. The number of aliphatic hydroxyl groups is 1. The van der Waals surface area contributed by atoms with Crippen molar-refractivity contribution in [3.8, 4) is 0 Å². The van der Waals surface area contributed by atoms with Crippen molar-refractivity contribution in [2.75, 3.05) is 6.61 Å². The van der Waals surface area contributed by atoms with Crippen molar-refractivity contribution in [1.82, 2.24) is 42.4 Å². The number of fused-ring (bicyclic) bond motifs is 2. The number of quaternary nitrogens is 1. The van der Waals surface area contributed by atoms with Crippen LogP contribution >= 0.6 is 0 Å². The number of benzene rings is 1. The van der Waals surface area contributed by atoms with Crippen LogP contribution in [0.25, 0.3) is 0 Å². The number of nitrogens with two attached hydrogens (primary N) is 1. The largest absolute Gasteiger partial charge is 0.542 e. The van der Waals surface area contributed by atoms with E-state index < -0.39 is 69.1 Å². The molecule has 2 aliphatic heterocycles. The molecular formula is C31H31F7N10O8S2. The molecule has 0 saturated heterocycles. The first kappa shape index (κ1) is 43.5. The molecule has 0 unspecified atom stereocenters. The van der Waals surface area contributed by atoms with Crippen molar-refractivity contribution in [3.63, 3.8) is 0 Å². The van der Waals surface area contributed by atoms with Gasteiger partial charge in [-0.05, 0) is 5.56 Å². The van der Waals surface area contributed by atoms with Crippen LogP contribution in [0, 0.1) is 0 Å². The second-order valence-electron chi connectivity index (χ2n) is 12.4. The summed E-state index contributed by atoms with van der Waals surface area (Å²) in [5.41, 5.74) is 3.23. The first-order valence-electron chi connectivity index (χ1n) is 16.5. The van der Waals surface area contributed by atoms with Crippen molar-refractivity contribution in [2.24, 2.45) is 0 Å². The van der Waals surface area contributed by atoms with E-state index in [2.05, 4.69) is 20.2 Å². The Balaban J connectivity index is 0.000000202. The molecule has 1 atom stereocenters. The molecule has 0 spiro atoms. The Morgan fingerprint density at radius 3 is 1.72 bits per heavy atom. The van der Waals surface area contributed by atoms with E-state index in [-0.39, 0.29) is 30.6 Å². The van der Waals surface area contributed by atoms with Crippen LogP contribution in [-0.2, 0) is 68.9 Å². The summed E-state index contributed by atoms with van der Waals surface area (Å²) >= 11 is 0. The highest BCUT2D eigenvalue weighted by molar-refractivity contribution is 7.90. The molecule has 6 heterocycles. The Kier molecular flexibility index (Phi) is 13.1. The van der Waals surface area contributed by atoms with Crippen LogP contribution in [0.1, 0.15) is 34.0 Å². The third kappa shape index (κ3) is 10.1. The van der Waals surface area contributed by atoms with Crippen LogP contribution in [0.2, 0.25) is 0 Å².